The molecule has 0 nitrogen and oxygen atoms in total. The highest BCUT2D eigenvalue weighted by atomic mass is 14.2. The summed E-state index contributed by atoms with van der Waals surface area (Å²) in [6.07, 6.45) is 8.03. The van der Waals surface area contributed by atoms with Crippen LogP contribution in [0, 0.1) is 0 Å². The molecule has 0 radical (unpaired) electrons. The monoisotopic (exact) mass is 238 g/mol. The summed E-state index contributed by atoms with van der Waals surface area (Å²) in [6.45, 7) is 2.26. The van der Waals surface area contributed by atoms with E-state index in [1.807, 2.05) is 0 Å². The Bertz CT molecular complexity index is 533. The minimum atomic E-state index is 0.811. The van der Waals surface area contributed by atoms with Crippen molar-refractivity contribution in [2.45, 2.75) is 51.4 Å². The molecule has 94 valence electrons. The highest BCUT2D eigenvalue weighted by Gasteiger charge is 2.19. The first kappa shape index (κ1) is 11.8. The summed E-state index contributed by atoms with van der Waals surface area (Å²) in [4.78, 5) is 0. The molecule has 0 N–H and O–H groups in total. The van der Waals surface area contributed by atoms with Crippen molar-refractivity contribution in [1.82, 2.24) is 0 Å². The first-order valence-electron chi connectivity index (χ1n) is 7.40. The van der Waals surface area contributed by atoms with Crippen LogP contribution in [0.5, 0.6) is 0 Å². The molecular formula is C18H22. The van der Waals surface area contributed by atoms with Crippen LogP contribution in [0.15, 0.2) is 36.4 Å². The number of rotatable bonds is 3. The van der Waals surface area contributed by atoms with Crippen molar-refractivity contribution in [3.05, 3.63) is 47.5 Å². The van der Waals surface area contributed by atoms with Crippen LogP contribution in [0.1, 0.15) is 56.1 Å². The van der Waals surface area contributed by atoms with E-state index in [0.717, 1.165) is 5.92 Å². The normalized spacial score (nSPS) is 16.5. The molecule has 0 spiro atoms. The van der Waals surface area contributed by atoms with Gasteiger partial charge in [0.2, 0.25) is 0 Å². The molecule has 1 aliphatic carbocycles. The number of aryl methyl sites for hydroxylation is 1. The van der Waals surface area contributed by atoms with E-state index in [1.165, 1.54) is 54.9 Å². The molecule has 3 rings (SSSR count). The minimum absolute atomic E-state index is 0.811. The standard InChI is InChI=1S/C18H22/c1-2-7-14-12-13-17(15-8-3-4-9-15)18-11-6-5-10-16(14)18/h5-6,10-13,15H,2-4,7-9H2,1H3. The van der Waals surface area contributed by atoms with Crippen molar-refractivity contribution in [3.8, 4) is 0 Å². The summed E-state index contributed by atoms with van der Waals surface area (Å²) in [6, 6.07) is 13.8. The molecule has 18 heavy (non-hydrogen) atoms. The van der Waals surface area contributed by atoms with Gasteiger partial charge in [-0.1, -0.05) is 62.6 Å². The van der Waals surface area contributed by atoms with E-state index in [1.54, 1.807) is 5.56 Å². The number of hydrogen-bond acceptors (Lipinski definition) is 0. The zero-order chi connectivity index (χ0) is 12.4. The predicted molar refractivity (Wildman–Crippen MR) is 79.2 cm³/mol. The summed E-state index contributed by atoms with van der Waals surface area (Å²) in [5.41, 5.74) is 3.12. The van der Waals surface area contributed by atoms with Crippen LogP contribution >= 0.6 is 0 Å². The van der Waals surface area contributed by atoms with Gasteiger partial charge < -0.3 is 0 Å². The maximum absolute atomic E-state index is 2.41. The average molecular weight is 238 g/mol. The fourth-order valence-electron chi connectivity index (χ4n) is 3.46. The predicted octanol–water partition coefficient (Wildman–Crippen LogP) is 5.45. The highest BCUT2D eigenvalue weighted by Crippen LogP contribution is 2.38. The lowest BCUT2D eigenvalue weighted by atomic mass is 9.89. The maximum atomic E-state index is 2.41. The van der Waals surface area contributed by atoms with Gasteiger partial charge in [0.25, 0.3) is 0 Å². The van der Waals surface area contributed by atoms with Gasteiger partial charge in [-0.2, -0.15) is 0 Å². The third-order valence-electron chi connectivity index (χ3n) is 4.36. The third kappa shape index (κ3) is 2.05. The maximum Gasteiger partial charge on any atom is -0.0146 e. The first-order chi connectivity index (χ1) is 8.90. The summed E-state index contributed by atoms with van der Waals surface area (Å²) in [7, 11) is 0. The lowest BCUT2D eigenvalue weighted by Gasteiger charge is -2.15. The summed E-state index contributed by atoms with van der Waals surface area (Å²) >= 11 is 0. The lowest BCUT2D eigenvalue weighted by Crippen LogP contribution is -1.96. The average Bonchev–Trinajstić information content (AvgIpc) is 2.93. The van der Waals surface area contributed by atoms with Gasteiger partial charge in [-0.15, -0.1) is 0 Å². The van der Waals surface area contributed by atoms with Crippen LogP contribution in [-0.4, -0.2) is 0 Å². The van der Waals surface area contributed by atoms with E-state index in [9.17, 15) is 0 Å². The molecule has 1 saturated carbocycles. The number of fused-ring (bicyclic) bond motifs is 1. The third-order valence-corrected chi connectivity index (χ3v) is 4.36. The molecule has 2 aromatic rings. The Balaban J connectivity index is 2.13. The van der Waals surface area contributed by atoms with Crippen LogP contribution < -0.4 is 0 Å². The largest absolute Gasteiger partial charge is 0.0651 e. The second-order valence-corrected chi connectivity index (χ2v) is 5.59. The Kier molecular flexibility index (Phi) is 3.36. The van der Waals surface area contributed by atoms with Crippen LogP contribution in [0.2, 0.25) is 0 Å². The Morgan fingerprint density at radius 1 is 0.944 bits per heavy atom. The molecule has 0 heterocycles. The van der Waals surface area contributed by atoms with Crippen molar-refractivity contribution >= 4 is 10.8 Å². The van der Waals surface area contributed by atoms with Crippen molar-refractivity contribution in [3.63, 3.8) is 0 Å². The second kappa shape index (κ2) is 5.14. The van der Waals surface area contributed by atoms with Gasteiger partial charge in [0.1, 0.15) is 0 Å². The highest BCUT2D eigenvalue weighted by molar-refractivity contribution is 5.89. The van der Waals surface area contributed by atoms with Crippen molar-refractivity contribution in [1.29, 1.82) is 0 Å². The van der Waals surface area contributed by atoms with Crippen molar-refractivity contribution in [2.75, 3.05) is 0 Å². The molecule has 2 aromatic carbocycles. The number of benzene rings is 2. The van der Waals surface area contributed by atoms with Crippen molar-refractivity contribution in [2.24, 2.45) is 0 Å². The Morgan fingerprint density at radius 2 is 1.67 bits per heavy atom. The second-order valence-electron chi connectivity index (χ2n) is 5.59. The van der Waals surface area contributed by atoms with Crippen LogP contribution in [0.3, 0.4) is 0 Å². The zero-order valence-electron chi connectivity index (χ0n) is 11.3. The Morgan fingerprint density at radius 3 is 2.39 bits per heavy atom. The van der Waals surface area contributed by atoms with Gasteiger partial charge in [-0.3, -0.25) is 0 Å². The van der Waals surface area contributed by atoms with E-state index in [-0.39, 0.29) is 0 Å². The first-order valence-corrected chi connectivity index (χ1v) is 7.40. The molecule has 0 heteroatoms. The van der Waals surface area contributed by atoms with E-state index in [0.29, 0.717) is 0 Å². The SMILES string of the molecule is CCCc1ccc(C2CCCC2)c2ccccc12. The quantitative estimate of drug-likeness (QED) is 0.667. The summed E-state index contributed by atoms with van der Waals surface area (Å²) < 4.78 is 0. The van der Waals surface area contributed by atoms with Gasteiger partial charge in [0, 0.05) is 0 Å². The van der Waals surface area contributed by atoms with Gasteiger partial charge in [-0.25, -0.2) is 0 Å². The Labute approximate surface area is 110 Å². The van der Waals surface area contributed by atoms with E-state index >= 15 is 0 Å². The van der Waals surface area contributed by atoms with Crippen LogP contribution in [0.25, 0.3) is 10.8 Å². The molecule has 1 aliphatic rings. The molecule has 0 bridgehead atoms. The molecule has 0 aromatic heterocycles. The van der Waals surface area contributed by atoms with Crippen LogP contribution in [-0.2, 0) is 6.42 Å². The van der Waals surface area contributed by atoms with Gasteiger partial charge >= 0.3 is 0 Å². The smallest absolute Gasteiger partial charge is 0.0146 e. The Hall–Kier alpha value is -1.30. The molecule has 0 atom stereocenters. The molecule has 0 aliphatic heterocycles. The summed E-state index contributed by atoms with van der Waals surface area (Å²) in [5.74, 6) is 0.811. The van der Waals surface area contributed by atoms with Gasteiger partial charge in [0.15, 0.2) is 0 Å². The fraction of sp³-hybridized carbons (Fsp3) is 0.444. The summed E-state index contributed by atoms with van der Waals surface area (Å²) in [5, 5.41) is 3.00. The van der Waals surface area contributed by atoms with Crippen LogP contribution in [0.4, 0.5) is 0 Å². The van der Waals surface area contributed by atoms with E-state index in [2.05, 4.69) is 43.3 Å². The van der Waals surface area contributed by atoms with Gasteiger partial charge in [-0.05, 0) is 47.1 Å². The topological polar surface area (TPSA) is 0 Å². The molecule has 0 saturated heterocycles. The molecule has 0 amide bonds. The fourth-order valence-corrected chi connectivity index (χ4v) is 3.46. The lowest BCUT2D eigenvalue weighted by molar-refractivity contribution is 0.729. The molecule has 1 fully saturated rings. The molecular weight excluding hydrogens is 216 g/mol. The molecule has 0 unspecified atom stereocenters. The van der Waals surface area contributed by atoms with Gasteiger partial charge in [0.05, 0.1) is 0 Å². The zero-order valence-corrected chi connectivity index (χ0v) is 11.3. The van der Waals surface area contributed by atoms with E-state index < -0.39 is 0 Å². The minimum Gasteiger partial charge on any atom is -0.0651 e. The number of hydrogen-bond donors (Lipinski definition) is 0. The van der Waals surface area contributed by atoms with Crippen molar-refractivity contribution < 1.29 is 0 Å². The van der Waals surface area contributed by atoms with E-state index in [4.69, 9.17) is 0 Å².